The van der Waals surface area contributed by atoms with Crippen molar-refractivity contribution in [1.82, 2.24) is 10.6 Å². The van der Waals surface area contributed by atoms with Gasteiger partial charge in [-0.2, -0.15) is 0 Å². The third-order valence-corrected chi connectivity index (χ3v) is 3.57. The quantitative estimate of drug-likeness (QED) is 0.566. The molecule has 1 aliphatic rings. The van der Waals surface area contributed by atoms with E-state index in [4.69, 9.17) is 10.2 Å². The van der Waals surface area contributed by atoms with Crippen molar-refractivity contribution in [3.05, 3.63) is 0 Å². The first kappa shape index (κ1) is 16.3. The Bertz CT molecular complexity index is 372. The lowest BCUT2D eigenvalue weighted by Gasteiger charge is -2.19. The van der Waals surface area contributed by atoms with Crippen molar-refractivity contribution in [2.75, 3.05) is 0 Å². The molecule has 0 saturated heterocycles. The number of carboxylic acid groups (broad SMARTS) is 2. The molecular formula is C13H22N2O5. The van der Waals surface area contributed by atoms with E-state index in [0.717, 1.165) is 32.1 Å². The molecule has 114 valence electrons. The molecule has 1 rings (SSSR count). The zero-order valence-corrected chi connectivity index (χ0v) is 11.6. The lowest BCUT2D eigenvalue weighted by Crippen LogP contribution is -2.49. The molecule has 0 aromatic carbocycles. The Morgan fingerprint density at radius 2 is 1.85 bits per heavy atom. The van der Waals surface area contributed by atoms with E-state index in [1.54, 1.807) is 0 Å². The molecule has 4 N–H and O–H groups in total. The fourth-order valence-corrected chi connectivity index (χ4v) is 2.39. The summed E-state index contributed by atoms with van der Waals surface area (Å²) in [6, 6.07) is -1.99. The number of hydrogen-bond acceptors (Lipinski definition) is 3. The number of hydrogen-bond donors (Lipinski definition) is 4. The highest BCUT2D eigenvalue weighted by molar-refractivity contribution is 5.86. The molecule has 0 radical (unpaired) electrons. The number of rotatable bonds is 5. The van der Waals surface area contributed by atoms with Crippen LogP contribution in [0.5, 0.6) is 0 Å². The molecule has 1 aliphatic carbocycles. The molecule has 1 fully saturated rings. The second-order valence-electron chi connectivity index (χ2n) is 5.42. The summed E-state index contributed by atoms with van der Waals surface area (Å²) in [5.74, 6) is -1.97. The van der Waals surface area contributed by atoms with E-state index >= 15 is 0 Å². The molecule has 7 heteroatoms. The molecule has 0 heterocycles. The maximum Gasteiger partial charge on any atom is 0.326 e. The molecule has 1 saturated carbocycles. The highest BCUT2D eigenvalue weighted by atomic mass is 16.4. The van der Waals surface area contributed by atoms with Crippen LogP contribution in [-0.2, 0) is 9.59 Å². The Morgan fingerprint density at radius 3 is 2.45 bits per heavy atom. The van der Waals surface area contributed by atoms with E-state index in [1.807, 2.05) is 0 Å². The largest absolute Gasteiger partial charge is 0.481 e. The summed E-state index contributed by atoms with van der Waals surface area (Å²) in [6.07, 6.45) is 4.30. The van der Waals surface area contributed by atoms with E-state index in [9.17, 15) is 14.4 Å². The van der Waals surface area contributed by atoms with Gasteiger partial charge in [-0.05, 0) is 25.2 Å². The van der Waals surface area contributed by atoms with Crippen LogP contribution < -0.4 is 10.6 Å². The molecule has 0 aromatic heterocycles. The number of aliphatic carboxylic acids is 2. The molecular weight excluding hydrogens is 264 g/mol. The van der Waals surface area contributed by atoms with Crippen LogP contribution in [0.2, 0.25) is 0 Å². The van der Waals surface area contributed by atoms with Gasteiger partial charge in [0.05, 0.1) is 6.42 Å². The third-order valence-electron chi connectivity index (χ3n) is 3.57. The van der Waals surface area contributed by atoms with E-state index in [2.05, 4.69) is 17.6 Å². The zero-order chi connectivity index (χ0) is 15.1. The third kappa shape index (κ3) is 5.90. The van der Waals surface area contributed by atoms with Crippen LogP contribution in [0.3, 0.4) is 0 Å². The van der Waals surface area contributed by atoms with Crippen LogP contribution in [-0.4, -0.2) is 40.3 Å². The second-order valence-corrected chi connectivity index (χ2v) is 5.42. The summed E-state index contributed by atoms with van der Waals surface area (Å²) in [4.78, 5) is 33.1. The van der Waals surface area contributed by atoms with Crippen LogP contribution in [0, 0.1) is 5.92 Å². The number of nitrogens with one attached hydrogen (secondary N) is 2. The van der Waals surface area contributed by atoms with Gasteiger partial charge >= 0.3 is 18.0 Å². The van der Waals surface area contributed by atoms with Crippen molar-refractivity contribution < 1.29 is 24.6 Å². The number of carbonyl (C=O) groups excluding carboxylic acids is 1. The van der Waals surface area contributed by atoms with Crippen molar-refractivity contribution >= 4 is 18.0 Å². The van der Waals surface area contributed by atoms with Crippen molar-refractivity contribution in [1.29, 1.82) is 0 Å². The minimum Gasteiger partial charge on any atom is -0.481 e. The molecule has 2 amide bonds. The molecule has 0 aromatic rings. The SMILES string of the molecule is CC1CCCC(NC(=O)N[C@@H](CC(=O)O)C(=O)O)CC1. The molecule has 20 heavy (non-hydrogen) atoms. The summed E-state index contributed by atoms with van der Waals surface area (Å²) < 4.78 is 0. The predicted molar refractivity (Wildman–Crippen MR) is 71.4 cm³/mol. The topological polar surface area (TPSA) is 116 Å². The first-order valence-electron chi connectivity index (χ1n) is 6.90. The molecule has 2 unspecified atom stereocenters. The molecule has 3 atom stereocenters. The number of carboxylic acids is 2. The molecule has 0 spiro atoms. The van der Waals surface area contributed by atoms with Crippen LogP contribution >= 0.6 is 0 Å². The van der Waals surface area contributed by atoms with Gasteiger partial charge in [-0.15, -0.1) is 0 Å². The molecule has 0 aliphatic heterocycles. The second kappa shape index (κ2) is 7.72. The van der Waals surface area contributed by atoms with Gasteiger partial charge in [0.2, 0.25) is 0 Å². The van der Waals surface area contributed by atoms with Crippen LogP contribution in [0.4, 0.5) is 4.79 Å². The maximum atomic E-state index is 11.7. The highest BCUT2D eigenvalue weighted by Gasteiger charge is 2.24. The van der Waals surface area contributed by atoms with Crippen molar-refractivity contribution in [3.63, 3.8) is 0 Å². The van der Waals surface area contributed by atoms with Gasteiger partial charge in [0.15, 0.2) is 0 Å². The van der Waals surface area contributed by atoms with Gasteiger partial charge < -0.3 is 20.8 Å². The fraction of sp³-hybridized carbons (Fsp3) is 0.769. The first-order chi connectivity index (χ1) is 9.38. The van der Waals surface area contributed by atoms with Gasteiger partial charge in [0, 0.05) is 6.04 Å². The van der Waals surface area contributed by atoms with E-state index < -0.39 is 30.4 Å². The summed E-state index contributed by atoms with van der Waals surface area (Å²) in [5.41, 5.74) is 0. The van der Waals surface area contributed by atoms with Crippen LogP contribution in [0.15, 0.2) is 0 Å². The maximum absolute atomic E-state index is 11.7. The van der Waals surface area contributed by atoms with E-state index in [0.29, 0.717) is 5.92 Å². The molecule has 0 bridgehead atoms. The van der Waals surface area contributed by atoms with Crippen LogP contribution in [0.1, 0.15) is 45.4 Å². The van der Waals surface area contributed by atoms with Crippen molar-refractivity contribution in [2.24, 2.45) is 5.92 Å². The molecule has 7 nitrogen and oxygen atoms in total. The van der Waals surface area contributed by atoms with Gasteiger partial charge in [0.25, 0.3) is 0 Å². The number of amides is 2. The van der Waals surface area contributed by atoms with Crippen molar-refractivity contribution in [3.8, 4) is 0 Å². The lowest BCUT2D eigenvalue weighted by molar-refractivity contribution is -0.145. The minimum absolute atomic E-state index is 0.0271. The Morgan fingerprint density at radius 1 is 1.15 bits per heavy atom. The number of carbonyl (C=O) groups is 3. The first-order valence-corrected chi connectivity index (χ1v) is 6.90. The summed E-state index contributed by atoms with van der Waals surface area (Å²) >= 11 is 0. The monoisotopic (exact) mass is 286 g/mol. The lowest BCUT2D eigenvalue weighted by atomic mass is 10.0. The van der Waals surface area contributed by atoms with Gasteiger partial charge in [-0.25, -0.2) is 9.59 Å². The van der Waals surface area contributed by atoms with E-state index in [1.165, 1.54) is 0 Å². The smallest absolute Gasteiger partial charge is 0.326 e. The Kier molecular flexibility index (Phi) is 6.27. The summed E-state index contributed by atoms with van der Waals surface area (Å²) in [7, 11) is 0. The Hall–Kier alpha value is -1.79. The Labute approximate surface area is 117 Å². The minimum atomic E-state index is -1.41. The highest BCUT2D eigenvalue weighted by Crippen LogP contribution is 2.22. The standard InChI is InChI=1S/C13H22N2O5/c1-8-3-2-4-9(6-5-8)14-13(20)15-10(12(18)19)7-11(16)17/h8-10H,2-7H2,1H3,(H,16,17)(H,18,19)(H2,14,15,20)/t8?,9?,10-/m0/s1. The van der Waals surface area contributed by atoms with Gasteiger partial charge in [0.1, 0.15) is 6.04 Å². The summed E-state index contributed by atoms with van der Waals surface area (Å²) in [6.45, 7) is 2.18. The normalized spacial score (nSPS) is 24.2. The van der Waals surface area contributed by atoms with E-state index in [-0.39, 0.29) is 6.04 Å². The predicted octanol–water partition coefficient (Wildman–Crippen LogP) is 1.18. The Balaban J connectivity index is 2.44. The number of urea groups is 1. The fourth-order valence-electron chi connectivity index (χ4n) is 2.39. The van der Waals surface area contributed by atoms with Crippen LogP contribution in [0.25, 0.3) is 0 Å². The average molecular weight is 286 g/mol. The van der Waals surface area contributed by atoms with Crippen molar-refractivity contribution in [2.45, 2.75) is 57.5 Å². The zero-order valence-electron chi connectivity index (χ0n) is 11.6. The van der Waals surface area contributed by atoms with Gasteiger partial charge in [-0.1, -0.05) is 19.8 Å². The average Bonchev–Trinajstić information content (AvgIpc) is 2.53. The summed E-state index contributed by atoms with van der Waals surface area (Å²) in [5, 5.41) is 22.4. The van der Waals surface area contributed by atoms with Gasteiger partial charge in [-0.3, -0.25) is 4.79 Å².